The second kappa shape index (κ2) is 7.41. The van der Waals surface area contributed by atoms with Crippen LogP contribution in [0.4, 0.5) is 5.69 Å². The molecule has 2 amide bonds. The Balaban J connectivity index is 1.92. The monoisotopic (exact) mass is 326 g/mol. The summed E-state index contributed by atoms with van der Waals surface area (Å²) < 4.78 is 5.03. The number of nitrogens with two attached hydrogens (primary N) is 1. The van der Waals surface area contributed by atoms with Crippen LogP contribution in [0.5, 0.6) is 0 Å². The van der Waals surface area contributed by atoms with Gasteiger partial charge in [-0.2, -0.15) is 0 Å². The van der Waals surface area contributed by atoms with Gasteiger partial charge >= 0.3 is 5.97 Å². The SMILES string of the molecule is Cc1ccc(C)c(C(=O)OCC(=O)Nc2ccc(C(N)=O)cc2)c1. The van der Waals surface area contributed by atoms with Crippen molar-refractivity contribution in [2.24, 2.45) is 5.73 Å². The molecular weight excluding hydrogens is 308 g/mol. The van der Waals surface area contributed by atoms with Gasteiger partial charge in [-0.3, -0.25) is 9.59 Å². The van der Waals surface area contributed by atoms with Gasteiger partial charge in [0.1, 0.15) is 0 Å². The Bertz CT molecular complexity index is 782. The fraction of sp³-hybridized carbons (Fsp3) is 0.167. The molecule has 0 saturated heterocycles. The molecule has 24 heavy (non-hydrogen) atoms. The van der Waals surface area contributed by atoms with E-state index < -0.39 is 24.4 Å². The highest BCUT2D eigenvalue weighted by Gasteiger charge is 2.13. The standard InChI is InChI=1S/C18H18N2O4/c1-11-3-4-12(2)15(9-11)18(23)24-10-16(21)20-14-7-5-13(6-8-14)17(19)22/h3-9H,10H2,1-2H3,(H2,19,22)(H,20,21). The van der Waals surface area contributed by atoms with Gasteiger partial charge in [0, 0.05) is 11.3 Å². The second-order valence-electron chi connectivity index (χ2n) is 5.38. The summed E-state index contributed by atoms with van der Waals surface area (Å²) in [7, 11) is 0. The molecule has 2 rings (SSSR count). The minimum Gasteiger partial charge on any atom is -0.452 e. The fourth-order valence-electron chi connectivity index (χ4n) is 2.08. The molecule has 0 aromatic heterocycles. The third-order valence-corrected chi connectivity index (χ3v) is 3.40. The summed E-state index contributed by atoms with van der Waals surface area (Å²) in [4.78, 5) is 34.9. The van der Waals surface area contributed by atoms with Gasteiger partial charge in [0.05, 0.1) is 5.56 Å². The summed E-state index contributed by atoms with van der Waals surface area (Å²) in [6, 6.07) is 11.5. The highest BCUT2D eigenvalue weighted by molar-refractivity contribution is 5.97. The third-order valence-electron chi connectivity index (χ3n) is 3.40. The maximum Gasteiger partial charge on any atom is 0.338 e. The number of carbonyl (C=O) groups excluding carboxylic acids is 3. The third kappa shape index (κ3) is 4.42. The first-order chi connectivity index (χ1) is 11.4. The molecule has 0 heterocycles. The zero-order valence-corrected chi connectivity index (χ0v) is 13.5. The molecule has 0 atom stereocenters. The maximum absolute atomic E-state index is 12.0. The molecule has 0 fully saturated rings. The van der Waals surface area contributed by atoms with Crippen LogP contribution in [-0.2, 0) is 9.53 Å². The van der Waals surface area contributed by atoms with E-state index in [4.69, 9.17) is 10.5 Å². The van der Waals surface area contributed by atoms with Crippen molar-refractivity contribution in [2.75, 3.05) is 11.9 Å². The molecule has 0 unspecified atom stereocenters. The number of esters is 1. The van der Waals surface area contributed by atoms with Crippen molar-refractivity contribution in [3.05, 3.63) is 64.7 Å². The van der Waals surface area contributed by atoms with Crippen LogP contribution >= 0.6 is 0 Å². The van der Waals surface area contributed by atoms with Crippen LogP contribution in [0, 0.1) is 13.8 Å². The Morgan fingerprint density at radius 1 is 1.04 bits per heavy atom. The number of hydrogen-bond acceptors (Lipinski definition) is 4. The molecule has 0 aliphatic carbocycles. The van der Waals surface area contributed by atoms with Gasteiger partial charge in [-0.1, -0.05) is 17.7 Å². The molecule has 0 spiro atoms. The largest absolute Gasteiger partial charge is 0.452 e. The summed E-state index contributed by atoms with van der Waals surface area (Å²) in [5.41, 5.74) is 8.12. The first-order valence-electron chi connectivity index (χ1n) is 7.31. The lowest BCUT2D eigenvalue weighted by atomic mass is 10.1. The molecule has 2 aromatic rings. The Hall–Kier alpha value is -3.15. The first kappa shape index (κ1) is 17.2. The highest BCUT2D eigenvalue weighted by Crippen LogP contribution is 2.12. The normalized spacial score (nSPS) is 10.1. The highest BCUT2D eigenvalue weighted by atomic mass is 16.5. The average molecular weight is 326 g/mol. The van der Waals surface area contributed by atoms with Crippen LogP contribution in [0.1, 0.15) is 31.8 Å². The minimum atomic E-state index is -0.546. The van der Waals surface area contributed by atoms with Crippen LogP contribution in [0.2, 0.25) is 0 Å². The Morgan fingerprint density at radius 3 is 2.33 bits per heavy atom. The van der Waals surface area contributed by atoms with Crippen LogP contribution in [0.15, 0.2) is 42.5 Å². The molecule has 0 aliphatic heterocycles. The lowest BCUT2D eigenvalue weighted by Gasteiger charge is -2.09. The van der Waals surface area contributed by atoms with Gasteiger partial charge in [0.25, 0.3) is 5.91 Å². The van der Waals surface area contributed by atoms with E-state index in [9.17, 15) is 14.4 Å². The van der Waals surface area contributed by atoms with Crippen molar-refractivity contribution in [3.8, 4) is 0 Å². The molecule has 0 radical (unpaired) electrons. The predicted octanol–water partition coefficient (Wildman–Crippen LogP) is 2.20. The van der Waals surface area contributed by atoms with Gasteiger partial charge in [-0.25, -0.2) is 4.79 Å². The maximum atomic E-state index is 12.0. The molecule has 0 saturated carbocycles. The number of nitrogens with one attached hydrogen (secondary N) is 1. The van der Waals surface area contributed by atoms with E-state index in [0.29, 0.717) is 16.8 Å². The topological polar surface area (TPSA) is 98.5 Å². The molecule has 2 aromatic carbocycles. The number of benzene rings is 2. The Morgan fingerprint density at radius 2 is 1.71 bits per heavy atom. The van der Waals surface area contributed by atoms with E-state index >= 15 is 0 Å². The van der Waals surface area contributed by atoms with E-state index in [1.807, 2.05) is 19.1 Å². The van der Waals surface area contributed by atoms with Crippen molar-refractivity contribution in [3.63, 3.8) is 0 Å². The molecule has 0 aliphatic rings. The summed E-state index contributed by atoms with van der Waals surface area (Å²) in [5.74, 6) is -1.56. The smallest absolute Gasteiger partial charge is 0.338 e. The number of aryl methyl sites for hydroxylation is 2. The van der Waals surface area contributed by atoms with Gasteiger partial charge in [0.15, 0.2) is 6.61 Å². The van der Waals surface area contributed by atoms with Crippen molar-refractivity contribution >= 4 is 23.5 Å². The first-order valence-corrected chi connectivity index (χ1v) is 7.31. The molecule has 6 heteroatoms. The number of anilines is 1. The summed E-state index contributed by atoms with van der Waals surface area (Å²) in [5, 5.41) is 2.57. The number of amides is 2. The molecule has 124 valence electrons. The quantitative estimate of drug-likeness (QED) is 0.823. The second-order valence-corrected chi connectivity index (χ2v) is 5.38. The van der Waals surface area contributed by atoms with Crippen LogP contribution in [-0.4, -0.2) is 24.4 Å². The van der Waals surface area contributed by atoms with Crippen molar-refractivity contribution < 1.29 is 19.1 Å². The lowest BCUT2D eigenvalue weighted by molar-refractivity contribution is -0.119. The van der Waals surface area contributed by atoms with E-state index in [0.717, 1.165) is 11.1 Å². The van der Waals surface area contributed by atoms with E-state index in [1.54, 1.807) is 25.1 Å². The zero-order chi connectivity index (χ0) is 17.7. The van der Waals surface area contributed by atoms with E-state index in [-0.39, 0.29) is 0 Å². The number of ether oxygens (including phenoxy) is 1. The predicted molar refractivity (Wildman–Crippen MR) is 89.8 cm³/mol. The molecule has 3 N–H and O–H groups in total. The number of hydrogen-bond donors (Lipinski definition) is 2. The van der Waals surface area contributed by atoms with Gasteiger partial charge in [-0.05, 0) is 49.7 Å². The van der Waals surface area contributed by atoms with Crippen molar-refractivity contribution in [1.29, 1.82) is 0 Å². The Labute approximate surface area is 139 Å². The van der Waals surface area contributed by atoms with Crippen LogP contribution in [0.3, 0.4) is 0 Å². The van der Waals surface area contributed by atoms with Crippen LogP contribution in [0.25, 0.3) is 0 Å². The van der Waals surface area contributed by atoms with E-state index in [2.05, 4.69) is 5.32 Å². The number of primary amides is 1. The Kier molecular flexibility index (Phi) is 5.31. The van der Waals surface area contributed by atoms with Crippen molar-refractivity contribution in [1.82, 2.24) is 0 Å². The van der Waals surface area contributed by atoms with Crippen molar-refractivity contribution in [2.45, 2.75) is 13.8 Å². The molecule has 6 nitrogen and oxygen atoms in total. The number of carbonyl (C=O) groups is 3. The average Bonchev–Trinajstić information content (AvgIpc) is 2.55. The molecule has 0 bridgehead atoms. The summed E-state index contributed by atoms with van der Waals surface area (Å²) in [6.45, 7) is 3.28. The lowest BCUT2D eigenvalue weighted by Crippen LogP contribution is -2.21. The van der Waals surface area contributed by atoms with E-state index in [1.165, 1.54) is 12.1 Å². The zero-order valence-electron chi connectivity index (χ0n) is 13.5. The molecular formula is C18H18N2O4. The fourth-order valence-corrected chi connectivity index (χ4v) is 2.08. The van der Waals surface area contributed by atoms with Gasteiger partial charge in [0.2, 0.25) is 5.91 Å². The number of rotatable bonds is 5. The summed E-state index contributed by atoms with van der Waals surface area (Å²) >= 11 is 0. The van der Waals surface area contributed by atoms with Crippen LogP contribution < -0.4 is 11.1 Å². The summed E-state index contributed by atoms with van der Waals surface area (Å²) in [6.07, 6.45) is 0. The van der Waals surface area contributed by atoms with Gasteiger partial charge in [-0.15, -0.1) is 0 Å². The van der Waals surface area contributed by atoms with Gasteiger partial charge < -0.3 is 15.8 Å². The minimum absolute atomic E-state index is 0.342.